The summed E-state index contributed by atoms with van der Waals surface area (Å²) in [5, 5.41) is 0.692. The maximum Gasteiger partial charge on any atom is 0.137 e. The van der Waals surface area contributed by atoms with Gasteiger partial charge in [-0.25, -0.2) is 0 Å². The number of benzene rings is 1. The minimum Gasteiger partial charge on any atom is -0.495 e. The van der Waals surface area contributed by atoms with Gasteiger partial charge in [0.05, 0.1) is 16.4 Å². The van der Waals surface area contributed by atoms with Crippen LogP contribution in [0.25, 0.3) is 0 Å². The molecule has 5 heteroatoms. The maximum absolute atomic E-state index is 6.14. The first-order valence-corrected chi connectivity index (χ1v) is 8.58. The van der Waals surface area contributed by atoms with Gasteiger partial charge in [0.1, 0.15) is 5.75 Å². The number of hydrogen-bond acceptors (Lipinski definition) is 2. The maximum atomic E-state index is 6.14. The second-order valence-electron chi connectivity index (χ2n) is 4.26. The normalized spacial score (nSPS) is 12.5. The smallest absolute Gasteiger partial charge is 0.137 e. The predicted molar refractivity (Wildman–Crippen MR) is 90.3 cm³/mol. The summed E-state index contributed by atoms with van der Waals surface area (Å²) in [6.45, 7) is 4.26. The first-order chi connectivity index (χ1) is 8.93. The van der Waals surface area contributed by atoms with Gasteiger partial charge in [-0.1, -0.05) is 27.5 Å². The van der Waals surface area contributed by atoms with Gasteiger partial charge in [0.15, 0.2) is 0 Å². The number of ether oxygens (including phenoxy) is 1. The molecule has 1 atom stereocenters. The SMILES string of the molecule is COc1c(Br)cc(Cl)cc1C(Br)c1cc(C)c(C)s1. The van der Waals surface area contributed by atoms with Crippen molar-refractivity contribution in [3.8, 4) is 5.75 Å². The molecule has 1 unspecified atom stereocenters. The molecule has 2 aromatic rings. The predicted octanol–water partition coefficient (Wildman–Crippen LogP) is 6.27. The van der Waals surface area contributed by atoms with Crippen molar-refractivity contribution >= 4 is 54.8 Å². The number of methoxy groups -OCH3 is 1. The quantitative estimate of drug-likeness (QED) is 0.527. The number of hydrogen-bond donors (Lipinski definition) is 0. The molecule has 1 heterocycles. The fourth-order valence-electron chi connectivity index (χ4n) is 1.86. The summed E-state index contributed by atoms with van der Waals surface area (Å²) in [7, 11) is 1.67. The molecular weight excluding hydrogens is 411 g/mol. The molecule has 0 N–H and O–H groups in total. The second-order valence-corrected chi connectivity index (χ2v) is 7.75. The fourth-order valence-corrected chi connectivity index (χ4v) is 4.65. The average molecular weight is 425 g/mol. The van der Waals surface area contributed by atoms with E-state index in [1.165, 1.54) is 15.3 Å². The number of thiophene rings is 1. The van der Waals surface area contributed by atoms with Crippen LogP contribution in [0.15, 0.2) is 22.7 Å². The Hall–Kier alpha value is -0.0300. The number of rotatable bonds is 3. The van der Waals surface area contributed by atoms with Crippen LogP contribution in [0.1, 0.15) is 25.7 Å². The second kappa shape index (κ2) is 6.17. The van der Waals surface area contributed by atoms with E-state index < -0.39 is 0 Å². The molecule has 0 saturated carbocycles. The molecule has 1 aromatic heterocycles. The zero-order valence-corrected chi connectivity index (χ0v) is 15.5. The lowest BCUT2D eigenvalue weighted by molar-refractivity contribution is 0.408. The Morgan fingerprint density at radius 3 is 2.47 bits per heavy atom. The van der Waals surface area contributed by atoms with E-state index in [9.17, 15) is 0 Å². The van der Waals surface area contributed by atoms with Gasteiger partial charge in [-0.15, -0.1) is 11.3 Å². The number of halogens is 3. The van der Waals surface area contributed by atoms with Crippen LogP contribution in [0.2, 0.25) is 5.02 Å². The lowest BCUT2D eigenvalue weighted by atomic mass is 10.1. The van der Waals surface area contributed by atoms with Crippen LogP contribution in [-0.4, -0.2) is 7.11 Å². The van der Waals surface area contributed by atoms with Gasteiger partial charge < -0.3 is 4.74 Å². The largest absolute Gasteiger partial charge is 0.495 e. The Labute approximate surface area is 139 Å². The minimum absolute atomic E-state index is 0.0786. The molecule has 0 aliphatic carbocycles. The molecule has 1 nitrogen and oxygen atoms in total. The van der Waals surface area contributed by atoms with E-state index in [1.54, 1.807) is 18.4 Å². The van der Waals surface area contributed by atoms with Crippen molar-refractivity contribution in [2.24, 2.45) is 0 Å². The molecule has 0 amide bonds. The van der Waals surface area contributed by atoms with Gasteiger partial charge in [-0.05, 0) is 53.5 Å². The summed E-state index contributed by atoms with van der Waals surface area (Å²) >= 11 is 15.2. The zero-order valence-electron chi connectivity index (χ0n) is 10.8. The minimum atomic E-state index is 0.0786. The number of alkyl halides is 1. The standard InChI is InChI=1S/C14H13Br2ClOS/c1-7-4-12(19-8(7)2)13(16)10-5-9(17)6-11(15)14(10)18-3/h4-6,13H,1-3H3. The van der Waals surface area contributed by atoms with Gasteiger partial charge in [0.2, 0.25) is 0 Å². The molecule has 0 saturated heterocycles. The zero-order chi connectivity index (χ0) is 14.2. The van der Waals surface area contributed by atoms with E-state index in [0.717, 1.165) is 15.8 Å². The van der Waals surface area contributed by atoms with Gasteiger partial charge >= 0.3 is 0 Å². The van der Waals surface area contributed by atoms with Crippen LogP contribution in [0.3, 0.4) is 0 Å². The highest BCUT2D eigenvalue weighted by Gasteiger charge is 2.20. The van der Waals surface area contributed by atoms with Crippen molar-refractivity contribution in [2.75, 3.05) is 7.11 Å². The number of aryl methyl sites for hydroxylation is 2. The molecule has 0 aliphatic heterocycles. The molecule has 102 valence electrons. The molecular formula is C14H13Br2ClOS. The van der Waals surface area contributed by atoms with Gasteiger partial charge in [0, 0.05) is 20.3 Å². The van der Waals surface area contributed by atoms with E-state index >= 15 is 0 Å². The fraction of sp³-hybridized carbons (Fsp3) is 0.286. The van der Waals surface area contributed by atoms with Crippen molar-refractivity contribution in [3.05, 3.63) is 48.6 Å². The van der Waals surface area contributed by atoms with E-state index in [1.807, 2.05) is 12.1 Å². The van der Waals surface area contributed by atoms with Crippen LogP contribution < -0.4 is 4.74 Å². The van der Waals surface area contributed by atoms with Gasteiger partial charge in [0.25, 0.3) is 0 Å². The molecule has 0 bridgehead atoms. The molecule has 0 spiro atoms. The summed E-state index contributed by atoms with van der Waals surface area (Å²) in [6.07, 6.45) is 0. The monoisotopic (exact) mass is 422 g/mol. The lowest BCUT2D eigenvalue weighted by Gasteiger charge is -2.15. The Morgan fingerprint density at radius 2 is 1.95 bits per heavy atom. The van der Waals surface area contributed by atoms with Crippen LogP contribution in [-0.2, 0) is 0 Å². The molecule has 0 fully saturated rings. The van der Waals surface area contributed by atoms with Crippen LogP contribution in [0.5, 0.6) is 5.75 Å². The molecule has 2 rings (SSSR count). The highest BCUT2D eigenvalue weighted by molar-refractivity contribution is 9.10. The molecule has 0 aliphatic rings. The van der Waals surface area contributed by atoms with Gasteiger partial charge in [-0.2, -0.15) is 0 Å². The van der Waals surface area contributed by atoms with Crippen molar-refractivity contribution in [2.45, 2.75) is 18.7 Å². The van der Waals surface area contributed by atoms with Crippen molar-refractivity contribution in [1.82, 2.24) is 0 Å². The molecule has 1 aromatic carbocycles. The Balaban J connectivity index is 2.51. The lowest BCUT2D eigenvalue weighted by Crippen LogP contribution is -1.96. The highest BCUT2D eigenvalue weighted by atomic mass is 79.9. The molecule has 19 heavy (non-hydrogen) atoms. The van der Waals surface area contributed by atoms with Crippen LogP contribution in [0, 0.1) is 13.8 Å². The van der Waals surface area contributed by atoms with Crippen molar-refractivity contribution in [1.29, 1.82) is 0 Å². The summed E-state index contributed by atoms with van der Waals surface area (Å²) in [6, 6.07) is 5.98. The first-order valence-electron chi connectivity index (χ1n) is 5.68. The van der Waals surface area contributed by atoms with Crippen LogP contribution in [0.4, 0.5) is 0 Å². The van der Waals surface area contributed by atoms with E-state index in [2.05, 4.69) is 51.8 Å². The van der Waals surface area contributed by atoms with E-state index in [0.29, 0.717) is 5.02 Å². The van der Waals surface area contributed by atoms with E-state index in [-0.39, 0.29) is 4.83 Å². The Morgan fingerprint density at radius 1 is 1.26 bits per heavy atom. The third kappa shape index (κ3) is 3.18. The molecule has 0 radical (unpaired) electrons. The van der Waals surface area contributed by atoms with Gasteiger partial charge in [-0.3, -0.25) is 0 Å². The van der Waals surface area contributed by atoms with Crippen molar-refractivity contribution < 1.29 is 4.74 Å². The van der Waals surface area contributed by atoms with E-state index in [4.69, 9.17) is 16.3 Å². The Bertz CT molecular complexity index is 590. The Kier molecular flexibility index (Phi) is 4.99. The third-order valence-corrected chi connectivity index (χ3v) is 6.26. The summed E-state index contributed by atoms with van der Waals surface area (Å²) in [5.74, 6) is 0.815. The average Bonchev–Trinajstić information content (AvgIpc) is 2.68. The van der Waals surface area contributed by atoms with Crippen molar-refractivity contribution in [3.63, 3.8) is 0 Å². The summed E-state index contributed by atoms with van der Waals surface area (Å²) in [5.41, 5.74) is 2.34. The topological polar surface area (TPSA) is 9.23 Å². The van der Waals surface area contributed by atoms with Crippen LogP contribution >= 0.6 is 54.8 Å². The summed E-state index contributed by atoms with van der Waals surface area (Å²) in [4.78, 5) is 2.66. The highest BCUT2D eigenvalue weighted by Crippen LogP contribution is 2.44. The third-order valence-electron chi connectivity index (χ3n) is 2.95. The summed E-state index contributed by atoms with van der Waals surface area (Å²) < 4.78 is 6.35. The first kappa shape index (κ1) is 15.4.